The molecule has 0 N–H and O–H groups in total. The van der Waals surface area contributed by atoms with Crippen molar-refractivity contribution in [2.45, 2.75) is 13.3 Å². The fourth-order valence-corrected chi connectivity index (χ4v) is 1.75. The van der Waals surface area contributed by atoms with Crippen LogP contribution in [0.3, 0.4) is 0 Å². The molecule has 0 saturated heterocycles. The van der Waals surface area contributed by atoms with Crippen molar-refractivity contribution in [2.75, 3.05) is 0 Å². The quantitative estimate of drug-likeness (QED) is 0.584. The van der Waals surface area contributed by atoms with Crippen molar-refractivity contribution in [2.24, 2.45) is 0 Å². The Labute approximate surface area is 73.2 Å². The van der Waals surface area contributed by atoms with Crippen LogP contribution in [0, 0.1) is 0 Å². The molecule has 0 spiro atoms. The molecule has 0 unspecified atom stereocenters. The van der Waals surface area contributed by atoms with E-state index < -0.39 is 0 Å². The summed E-state index contributed by atoms with van der Waals surface area (Å²) in [5.74, 6) is 0. The molecule has 0 fully saturated rings. The summed E-state index contributed by atoms with van der Waals surface area (Å²) in [7, 11) is 0. The minimum absolute atomic E-state index is 1.09. The Kier molecular flexibility index (Phi) is 1.61. The molecule has 0 amide bonds. The van der Waals surface area contributed by atoms with E-state index in [1.54, 1.807) is 0 Å². The first-order chi connectivity index (χ1) is 5.79. The van der Waals surface area contributed by atoms with E-state index in [-0.39, 0.29) is 0 Å². The van der Waals surface area contributed by atoms with Crippen LogP contribution >= 0.6 is 0 Å². The average Bonchev–Trinajstić information content (AvgIpc) is 2.05. The minimum Gasteiger partial charge on any atom is -0.0949 e. The van der Waals surface area contributed by atoms with Crippen LogP contribution in [0.4, 0.5) is 0 Å². The molecule has 0 radical (unpaired) electrons. The van der Waals surface area contributed by atoms with E-state index in [1.165, 1.54) is 22.3 Å². The minimum atomic E-state index is 1.09. The Hall–Kier alpha value is -1.30. The van der Waals surface area contributed by atoms with Gasteiger partial charge < -0.3 is 0 Å². The second-order valence-electron chi connectivity index (χ2n) is 3.30. The van der Waals surface area contributed by atoms with Gasteiger partial charge >= 0.3 is 0 Å². The van der Waals surface area contributed by atoms with Gasteiger partial charge in [0.05, 0.1) is 0 Å². The van der Waals surface area contributed by atoms with E-state index in [0.717, 1.165) is 6.42 Å². The molecule has 0 aliphatic heterocycles. The van der Waals surface area contributed by atoms with E-state index in [9.17, 15) is 0 Å². The van der Waals surface area contributed by atoms with Gasteiger partial charge in [-0.1, -0.05) is 42.5 Å². The summed E-state index contributed by atoms with van der Waals surface area (Å²) < 4.78 is 0. The normalized spacial score (nSPS) is 16.2. The molecule has 0 nitrogen and oxygen atoms in total. The Morgan fingerprint density at radius 3 is 2.33 bits per heavy atom. The van der Waals surface area contributed by atoms with Gasteiger partial charge in [0, 0.05) is 0 Å². The van der Waals surface area contributed by atoms with E-state index in [4.69, 9.17) is 0 Å². The van der Waals surface area contributed by atoms with E-state index in [1.807, 2.05) is 6.07 Å². The molecule has 60 valence electrons. The highest BCUT2D eigenvalue weighted by molar-refractivity contribution is 5.87. The lowest BCUT2D eigenvalue weighted by Crippen LogP contribution is -2.03. The molecule has 0 saturated carbocycles. The van der Waals surface area contributed by atoms with Crippen LogP contribution in [0.2, 0.25) is 0 Å². The second-order valence-corrected chi connectivity index (χ2v) is 3.30. The van der Waals surface area contributed by atoms with Crippen LogP contribution in [0.5, 0.6) is 0 Å². The summed E-state index contributed by atoms with van der Waals surface area (Å²) in [4.78, 5) is 0. The highest BCUT2D eigenvalue weighted by Gasteiger charge is 2.18. The maximum Gasteiger partial charge on any atom is -0.00603 e. The lowest BCUT2D eigenvalue weighted by Gasteiger charge is -2.24. The SMILES string of the molecule is C=C1CC(C)=C1c1ccccc1. The standard InChI is InChI=1S/C12H12/c1-9-8-10(2)12(9)11-6-4-3-5-7-11/h3-7H,1,8H2,2H3. The molecule has 0 heterocycles. The van der Waals surface area contributed by atoms with Crippen molar-refractivity contribution in [3.05, 3.63) is 53.6 Å². The maximum atomic E-state index is 4.01. The third-order valence-electron chi connectivity index (χ3n) is 2.32. The Morgan fingerprint density at radius 2 is 1.83 bits per heavy atom. The molecule has 1 aromatic rings. The summed E-state index contributed by atoms with van der Waals surface area (Å²) in [6.45, 7) is 6.19. The molecule has 0 atom stereocenters. The number of hydrogen-bond donors (Lipinski definition) is 0. The van der Waals surface area contributed by atoms with Crippen LogP contribution in [-0.4, -0.2) is 0 Å². The van der Waals surface area contributed by atoms with Gasteiger partial charge in [-0.15, -0.1) is 0 Å². The largest absolute Gasteiger partial charge is 0.0949 e. The van der Waals surface area contributed by atoms with Gasteiger partial charge in [-0.3, -0.25) is 0 Å². The second kappa shape index (κ2) is 2.63. The number of benzene rings is 1. The van der Waals surface area contributed by atoms with Gasteiger partial charge in [-0.2, -0.15) is 0 Å². The highest BCUT2D eigenvalue weighted by Crippen LogP contribution is 2.39. The van der Waals surface area contributed by atoms with Crippen molar-refractivity contribution in [1.29, 1.82) is 0 Å². The van der Waals surface area contributed by atoms with Crippen LogP contribution in [0.15, 0.2) is 48.1 Å². The molecule has 1 aliphatic rings. The number of hydrogen-bond acceptors (Lipinski definition) is 0. The fraction of sp³-hybridized carbons (Fsp3) is 0.167. The lowest BCUT2D eigenvalue weighted by atomic mass is 9.81. The van der Waals surface area contributed by atoms with Gasteiger partial charge in [-0.05, 0) is 30.1 Å². The first-order valence-corrected chi connectivity index (χ1v) is 4.22. The number of allylic oxidation sites excluding steroid dienone is 3. The third-order valence-corrected chi connectivity index (χ3v) is 2.32. The zero-order valence-corrected chi connectivity index (χ0v) is 7.30. The van der Waals surface area contributed by atoms with Crippen LogP contribution in [0.25, 0.3) is 5.57 Å². The monoisotopic (exact) mass is 156 g/mol. The first-order valence-electron chi connectivity index (χ1n) is 4.22. The summed E-state index contributed by atoms with van der Waals surface area (Å²) in [5.41, 5.74) is 5.42. The zero-order chi connectivity index (χ0) is 8.55. The maximum absolute atomic E-state index is 4.01. The summed E-state index contributed by atoms with van der Waals surface area (Å²) in [6, 6.07) is 10.5. The van der Waals surface area contributed by atoms with Gasteiger partial charge in [0.25, 0.3) is 0 Å². The average molecular weight is 156 g/mol. The van der Waals surface area contributed by atoms with Crippen LogP contribution < -0.4 is 0 Å². The Morgan fingerprint density at radius 1 is 1.17 bits per heavy atom. The fourth-order valence-electron chi connectivity index (χ4n) is 1.75. The van der Waals surface area contributed by atoms with Gasteiger partial charge in [0.2, 0.25) is 0 Å². The van der Waals surface area contributed by atoms with Crippen molar-refractivity contribution >= 4 is 5.57 Å². The van der Waals surface area contributed by atoms with Gasteiger partial charge in [0.1, 0.15) is 0 Å². The summed E-state index contributed by atoms with van der Waals surface area (Å²) in [6.07, 6.45) is 1.09. The Balaban J connectivity index is 2.45. The van der Waals surface area contributed by atoms with E-state index in [0.29, 0.717) is 0 Å². The van der Waals surface area contributed by atoms with E-state index >= 15 is 0 Å². The van der Waals surface area contributed by atoms with Gasteiger partial charge in [-0.25, -0.2) is 0 Å². The van der Waals surface area contributed by atoms with Crippen LogP contribution in [-0.2, 0) is 0 Å². The molecule has 2 rings (SSSR count). The Bertz CT molecular complexity index is 342. The molecule has 1 aliphatic carbocycles. The predicted molar refractivity (Wildman–Crippen MR) is 52.8 cm³/mol. The molecule has 0 aromatic heterocycles. The predicted octanol–water partition coefficient (Wildman–Crippen LogP) is 3.42. The highest BCUT2D eigenvalue weighted by atomic mass is 14.2. The van der Waals surface area contributed by atoms with Crippen molar-refractivity contribution < 1.29 is 0 Å². The van der Waals surface area contributed by atoms with Gasteiger partial charge in [0.15, 0.2) is 0 Å². The number of rotatable bonds is 1. The van der Waals surface area contributed by atoms with Crippen molar-refractivity contribution in [3.8, 4) is 0 Å². The van der Waals surface area contributed by atoms with Crippen molar-refractivity contribution in [3.63, 3.8) is 0 Å². The van der Waals surface area contributed by atoms with Crippen LogP contribution in [0.1, 0.15) is 18.9 Å². The topological polar surface area (TPSA) is 0 Å². The molecule has 12 heavy (non-hydrogen) atoms. The van der Waals surface area contributed by atoms with E-state index in [2.05, 4.69) is 37.8 Å². The molecule has 0 heteroatoms. The molecular weight excluding hydrogens is 144 g/mol. The molecule has 1 aromatic carbocycles. The molecular formula is C12H12. The first kappa shape index (κ1) is 7.35. The van der Waals surface area contributed by atoms with Crippen molar-refractivity contribution in [1.82, 2.24) is 0 Å². The zero-order valence-electron chi connectivity index (χ0n) is 7.30. The summed E-state index contributed by atoms with van der Waals surface area (Å²) in [5, 5.41) is 0. The third kappa shape index (κ3) is 1.00. The smallest absolute Gasteiger partial charge is 0.00603 e. The summed E-state index contributed by atoms with van der Waals surface area (Å²) >= 11 is 0. The molecule has 0 bridgehead atoms. The lowest BCUT2D eigenvalue weighted by molar-refractivity contribution is 1.09.